The van der Waals surface area contributed by atoms with E-state index in [-0.39, 0.29) is 37.2 Å². The number of rotatable bonds is 11. The third-order valence-corrected chi connectivity index (χ3v) is 15.7. The molecule has 0 aromatic heterocycles. The molecule has 6 aromatic rings. The van der Waals surface area contributed by atoms with E-state index < -0.39 is 40.4 Å². The molecule has 0 bridgehead atoms. The van der Waals surface area contributed by atoms with Crippen LogP contribution in [0.3, 0.4) is 0 Å². The van der Waals surface area contributed by atoms with Crippen molar-refractivity contribution in [3.05, 3.63) is 182 Å². The molecule has 6 rings (SSSR count). The molecule has 0 unspecified atom stereocenters. The summed E-state index contributed by atoms with van der Waals surface area (Å²) in [4.78, 5) is 0. The highest BCUT2D eigenvalue weighted by molar-refractivity contribution is 9.09. The maximum absolute atomic E-state index is 12.9. The minimum Gasteiger partial charge on any atom is -0.171 e. The molecule has 0 spiro atoms. The number of alkyl halides is 7. The number of halogens is 8. The van der Waals surface area contributed by atoms with Gasteiger partial charge in [0, 0.05) is 18.2 Å². The molecule has 0 aliphatic rings. The number of benzene rings is 6. The lowest BCUT2D eigenvalue weighted by atomic mass is 10.3. The summed E-state index contributed by atoms with van der Waals surface area (Å²) in [6, 6.07) is 62.3. The SMILES string of the molecule is Br.C.FC(F)(F)CCCBr.FC(F)(F)CCC[P+](c1ccccc1)(c1ccccc1)c1ccccc1.c1ccc(P(c2ccccc2)c2ccccc2)cc1. The Morgan fingerprint density at radius 2 is 0.673 bits per heavy atom. The third kappa shape index (κ3) is 15.6. The van der Waals surface area contributed by atoms with E-state index in [0.29, 0.717) is 11.5 Å². The van der Waals surface area contributed by atoms with Gasteiger partial charge in [0.2, 0.25) is 0 Å². The van der Waals surface area contributed by atoms with Gasteiger partial charge >= 0.3 is 12.4 Å². The van der Waals surface area contributed by atoms with Crippen molar-refractivity contribution < 1.29 is 26.3 Å². The van der Waals surface area contributed by atoms with Crippen molar-refractivity contribution >= 4 is 79.9 Å². The van der Waals surface area contributed by atoms with Gasteiger partial charge in [-0.25, -0.2) is 0 Å². The predicted octanol–water partition coefficient (Wildman–Crippen LogP) is 12.7. The summed E-state index contributed by atoms with van der Waals surface area (Å²) in [7, 11) is -2.59. The van der Waals surface area contributed by atoms with Crippen molar-refractivity contribution in [3.63, 3.8) is 0 Å². The molecule has 10 heteroatoms. The molecule has 0 fully saturated rings. The number of hydrogen-bond donors (Lipinski definition) is 0. The summed E-state index contributed by atoms with van der Waals surface area (Å²) < 4.78 is 72.2. The van der Waals surface area contributed by atoms with E-state index in [1.54, 1.807) is 0 Å². The van der Waals surface area contributed by atoms with Gasteiger partial charge in [0.25, 0.3) is 0 Å². The average molecular weight is 924 g/mol. The first-order valence-electron chi connectivity index (χ1n) is 17.2. The van der Waals surface area contributed by atoms with Crippen molar-refractivity contribution in [2.24, 2.45) is 0 Å². The van der Waals surface area contributed by atoms with Gasteiger partial charge in [-0.2, -0.15) is 26.3 Å². The molecule has 0 saturated carbocycles. The van der Waals surface area contributed by atoms with Crippen LogP contribution < -0.4 is 31.8 Å². The van der Waals surface area contributed by atoms with E-state index in [9.17, 15) is 26.3 Å². The van der Waals surface area contributed by atoms with Crippen molar-refractivity contribution in [2.45, 2.75) is 45.5 Å². The van der Waals surface area contributed by atoms with E-state index in [1.165, 1.54) is 15.9 Å². The van der Waals surface area contributed by atoms with E-state index in [0.717, 1.165) is 15.9 Å². The van der Waals surface area contributed by atoms with Gasteiger partial charge in [-0.1, -0.05) is 169 Å². The lowest BCUT2D eigenvalue weighted by molar-refractivity contribution is -0.135. The van der Waals surface area contributed by atoms with Gasteiger partial charge in [0.1, 0.15) is 23.2 Å². The number of hydrogen-bond acceptors (Lipinski definition) is 0. The van der Waals surface area contributed by atoms with Crippen LogP contribution in [0.5, 0.6) is 0 Å². The fourth-order valence-corrected chi connectivity index (χ4v) is 12.8. The summed E-state index contributed by atoms with van der Waals surface area (Å²) in [6.45, 7) is 0. The lowest BCUT2D eigenvalue weighted by Gasteiger charge is -2.27. The normalized spacial score (nSPS) is 11.1. The molecule has 0 aliphatic carbocycles. The minimum absolute atomic E-state index is 0. The summed E-state index contributed by atoms with van der Waals surface area (Å²) >= 11 is 2.90. The molecule has 0 amide bonds. The fraction of sp³-hybridized carbons (Fsp3) is 0.200. The Bertz CT molecular complexity index is 1660. The van der Waals surface area contributed by atoms with Gasteiger partial charge in [-0.05, 0) is 73.1 Å². The zero-order chi connectivity index (χ0) is 38.0. The van der Waals surface area contributed by atoms with E-state index in [4.69, 9.17) is 0 Å². The average Bonchev–Trinajstić information content (AvgIpc) is 3.18. The quantitative estimate of drug-likeness (QED) is 0.0690. The smallest absolute Gasteiger partial charge is 0.171 e. The largest absolute Gasteiger partial charge is 0.389 e. The van der Waals surface area contributed by atoms with Crippen molar-refractivity contribution in [1.29, 1.82) is 0 Å². The molecule has 55 heavy (non-hydrogen) atoms. The molecule has 0 nitrogen and oxygen atoms in total. The van der Waals surface area contributed by atoms with Crippen LogP contribution in [-0.2, 0) is 0 Å². The monoisotopic (exact) mass is 921 g/mol. The summed E-state index contributed by atoms with van der Waals surface area (Å²) in [5.74, 6) is 0. The second kappa shape index (κ2) is 24.4. The van der Waals surface area contributed by atoms with Gasteiger partial charge in [0.15, 0.2) is 0 Å². The summed E-state index contributed by atoms with van der Waals surface area (Å²) in [6.07, 6.45) is -8.74. The topological polar surface area (TPSA) is 0 Å². The lowest BCUT2D eigenvalue weighted by Crippen LogP contribution is -2.33. The van der Waals surface area contributed by atoms with Crippen molar-refractivity contribution in [2.75, 3.05) is 11.5 Å². The maximum Gasteiger partial charge on any atom is 0.389 e. The van der Waals surface area contributed by atoms with Crippen LogP contribution in [0.1, 0.15) is 33.1 Å². The zero-order valence-electron chi connectivity index (χ0n) is 29.5. The summed E-state index contributed by atoms with van der Waals surface area (Å²) in [5, 5.41) is 7.99. The third-order valence-electron chi connectivity index (χ3n) is 8.18. The second-order valence-corrected chi connectivity index (χ2v) is 18.6. The van der Waals surface area contributed by atoms with Crippen molar-refractivity contribution in [3.8, 4) is 0 Å². The maximum atomic E-state index is 12.9. The van der Waals surface area contributed by atoms with Crippen LogP contribution in [-0.4, -0.2) is 23.8 Å². The molecule has 292 valence electrons. The van der Waals surface area contributed by atoms with Crippen LogP contribution in [0.15, 0.2) is 182 Å². The molecule has 6 aromatic carbocycles. The first kappa shape index (κ1) is 47.9. The molecule has 0 saturated heterocycles. The Kier molecular flexibility index (Phi) is 21.2. The highest BCUT2D eigenvalue weighted by Gasteiger charge is 2.45. The summed E-state index contributed by atoms with van der Waals surface area (Å²) in [5.41, 5.74) is 0. The van der Waals surface area contributed by atoms with Gasteiger partial charge < -0.3 is 0 Å². The Hall–Kier alpha value is -3.28. The van der Waals surface area contributed by atoms with Crippen LogP contribution in [0, 0.1) is 0 Å². The van der Waals surface area contributed by atoms with Gasteiger partial charge in [-0.3, -0.25) is 0 Å². The Labute approximate surface area is 343 Å². The molecule has 0 atom stereocenters. The molecule has 0 N–H and O–H groups in total. The predicted molar refractivity (Wildman–Crippen MR) is 237 cm³/mol. The van der Waals surface area contributed by atoms with Crippen molar-refractivity contribution in [1.82, 2.24) is 0 Å². The Morgan fingerprint density at radius 1 is 0.418 bits per heavy atom. The van der Waals surface area contributed by atoms with Gasteiger partial charge in [0.05, 0.1) is 6.16 Å². The molecular formula is C45H47Br2F6P2+. The van der Waals surface area contributed by atoms with Crippen LogP contribution in [0.4, 0.5) is 26.3 Å². The Balaban J connectivity index is 0.000000317. The highest BCUT2D eigenvalue weighted by atomic mass is 79.9. The van der Waals surface area contributed by atoms with Crippen LogP contribution >= 0.6 is 48.1 Å². The highest BCUT2D eigenvalue weighted by Crippen LogP contribution is 2.56. The minimum atomic E-state index is -4.13. The molecule has 0 heterocycles. The second-order valence-electron chi connectivity index (χ2n) is 12.0. The van der Waals surface area contributed by atoms with E-state index in [1.807, 2.05) is 54.6 Å². The van der Waals surface area contributed by atoms with E-state index >= 15 is 0 Å². The van der Waals surface area contributed by atoms with E-state index in [2.05, 4.69) is 143 Å². The first-order valence-corrected chi connectivity index (χ1v) is 21.7. The fourth-order valence-electron chi connectivity index (χ4n) is 5.84. The van der Waals surface area contributed by atoms with Crippen LogP contribution in [0.2, 0.25) is 0 Å². The first-order chi connectivity index (χ1) is 25.5. The standard InChI is InChI=1S/C22H21F3P.C18H15P.C4H6BrF3.CH4.BrH/c23-22(24,25)17-10-18-26(19-11-4-1-5-12-19,20-13-6-2-7-14-20)21-15-8-3-9-16-21;1-4-10-16(11-5-1)19(17-12-6-2-7-13-17)18-14-8-3-9-15-18;5-3-1-2-4(6,7)8;;/h1-9,11-16H,10,17-18H2;1-15H;1-3H2;1H4;1H/q+1;;;;. The van der Waals surface area contributed by atoms with Crippen LogP contribution in [0.25, 0.3) is 0 Å². The molecule has 0 aliphatic heterocycles. The van der Waals surface area contributed by atoms with Gasteiger partial charge in [-0.15, -0.1) is 17.0 Å². The molecular weight excluding hydrogens is 876 g/mol. The molecule has 0 radical (unpaired) electrons. The Morgan fingerprint density at radius 3 is 0.909 bits per heavy atom. The zero-order valence-corrected chi connectivity index (χ0v) is 34.6.